The highest BCUT2D eigenvalue weighted by Gasteiger charge is 2.15. The van der Waals surface area contributed by atoms with E-state index in [2.05, 4.69) is 0 Å². The normalized spacial score (nSPS) is 10.3. The van der Waals surface area contributed by atoms with Crippen molar-refractivity contribution in [2.75, 3.05) is 33.4 Å². The maximum atomic E-state index is 12.2. The van der Waals surface area contributed by atoms with Gasteiger partial charge in [0.1, 0.15) is 0 Å². The molecule has 0 bridgehead atoms. The van der Waals surface area contributed by atoms with Crippen molar-refractivity contribution in [2.45, 2.75) is 6.42 Å². The van der Waals surface area contributed by atoms with Crippen molar-refractivity contribution in [1.29, 1.82) is 5.26 Å². The second-order valence-electron chi connectivity index (χ2n) is 4.41. The Morgan fingerprint density at radius 2 is 2.24 bits per heavy atom. The number of hydrogen-bond acceptors (Lipinski definition) is 6. The monoisotopic (exact) mass is 291 g/mol. The van der Waals surface area contributed by atoms with Gasteiger partial charge in [0.05, 0.1) is 24.1 Å². The van der Waals surface area contributed by atoms with Crippen molar-refractivity contribution in [2.24, 2.45) is 0 Å². The summed E-state index contributed by atoms with van der Waals surface area (Å²) in [6, 6.07) is 7.67. The summed E-state index contributed by atoms with van der Waals surface area (Å²) in [6.07, 6.45) is 0.311. The summed E-state index contributed by atoms with van der Waals surface area (Å²) >= 11 is 0. The van der Waals surface area contributed by atoms with Crippen LogP contribution in [0.3, 0.4) is 0 Å². The molecule has 0 unspecified atom stereocenters. The molecule has 0 aliphatic rings. The van der Waals surface area contributed by atoms with Crippen molar-refractivity contribution in [3.05, 3.63) is 39.9 Å². The molecule has 0 fully saturated rings. The molecule has 1 aromatic rings. The number of ether oxygens (including phenoxy) is 1. The predicted molar refractivity (Wildman–Crippen MR) is 76.0 cm³/mol. The van der Waals surface area contributed by atoms with Crippen molar-refractivity contribution in [1.82, 2.24) is 4.90 Å². The fourth-order valence-corrected chi connectivity index (χ4v) is 1.79. The molecular formula is C14H17N3O4. The number of methoxy groups -OCH3 is 1. The summed E-state index contributed by atoms with van der Waals surface area (Å²) in [5, 5.41) is 19.3. The van der Waals surface area contributed by atoms with Gasteiger partial charge in [-0.3, -0.25) is 19.8 Å². The zero-order valence-electron chi connectivity index (χ0n) is 11.8. The summed E-state index contributed by atoms with van der Waals surface area (Å²) < 4.78 is 4.96. The Kier molecular flexibility index (Phi) is 7.01. The standard InChI is InChI=1S/C14H17N3O4/c1-21-9-8-16(7-3-6-15)11-14(18)12-4-2-5-13(10-12)17(19)20/h2,4-5,10H,3,7-9,11H2,1H3. The molecule has 0 amide bonds. The zero-order chi connectivity index (χ0) is 15.7. The molecule has 0 saturated carbocycles. The van der Waals surface area contributed by atoms with Crippen LogP contribution in [0, 0.1) is 21.4 Å². The summed E-state index contributed by atoms with van der Waals surface area (Å²) in [7, 11) is 1.56. The first kappa shape index (κ1) is 16.8. The molecule has 0 heterocycles. The quantitative estimate of drug-likeness (QED) is 0.390. The highest BCUT2D eigenvalue weighted by molar-refractivity contribution is 5.98. The number of ketones is 1. The molecule has 112 valence electrons. The van der Waals surface area contributed by atoms with Gasteiger partial charge in [-0.05, 0) is 0 Å². The number of benzene rings is 1. The van der Waals surface area contributed by atoms with Crippen LogP contribution in [0.25, 0.3) is 0 Å². The maximum Gasteiger partial charge on any atom is 0.270 e. The van der Waals surface area contributed by atoms with Crippen molar-refractivity contribution in [3.8, 4) is 6.07 Å². The Labute approximate surface area is 122 Å². The Hall–Kier alpha value is -2.30. The summed E-state index contributed by atoms with van der Waals surface area (Å²) in [4.78, 5) is 24.1. The van der Waals surface area contributed by atoms with Gasteiger partial charge in [0.25, 0.3) is 5.69 Å². The van der Waals surface area contributed by atoms with Crippen LogP contribution in [0.15, 0.2) is 24.3 Å². The average molecular weight is 291 g/mol. The van der Waals surface area contributed by atoms with Gasteiger partial charge in [-0.1, -0.05) is 12.1 Å². The minimum Gasteiger partial charge on any atom is -0.383 e. The van der Waals surface area contributed by atoms with Crippen molar-refractivity contribution < 1.29 is 14.5 Å². The molecule has 0 spiro atoms. The second kappa shape index (κ2) is 8.79. The first-order chi connectivity index (χ1) is 10.1. The third-order valence-corrected chi connectivity index (χ3v) is 2.90. The second-order valence-corrected chi connectivity index (χ2v) is 4.41. The smallest absolute Gasteiger partial charge is 0.270 e. The van der Waals surface area contributed by atoms with Crippen molar-refractivity contribution in [3.63, 3.8) is 0 Å². The van der Waals surface area contributed by atoms with Crippen molar-refractivity contribution >= 4 is 11.5 Å². The van der Waals surface area contributed by atoms with Gasteiger partial charge in [-0.15, -0.1) is 0 Å². The highest BCUT2D eigenvalue weighted by Crippen LogP contribution is 2.14. The Bertz CT molecular complexity index is 539. The number of nitro benzene ring substituents is 1. The maximum absolute atomic E-state index is 12.2. The van der Waals surface area contributed by atoms with Crippen LogP contribution in [0.2, 0.25) is 0 Å². The number of carbonyl (C=O) groups is 1. The molecule has 1 rings (SSSR count). The molecular weight excluding hydrogens is 274 g/mol. The predicted octanol–water partition coefficient (Wildman–Crippen LogP) is 1.64. The number of non-ortho nitro benzene ring substituents is 1. The number of carbonyl (C=O) groups excluding carboxylic acids is 1. The van der Waals surface area contributed by atoms with E-state index in [1.807, 2.05) is 6.07 Å². The summed E-state index contributed by atoms with van der Waals surface area (Å²) in [6.45, 7) is 1.54. The van der Waals surface area contributed by atoms with E-state index in [-0.39, 0.29) is 18.0 Å². The molecule has 0 saturated heterocycles. The lowest BCUT2D eigenvalue weighted by Crippen LogP contribution is -2.33. The van der Waals surface area contributed by atoms with Crippen LogP contribution >= 0.6 is 0 Å². The van der Waals surface area contributed by atoms with Crippen LogP contribution in [0.4, 0.5) is 5.69 Å². The van der Waals surface area contributed by atoms with Crippen LogP contribution in [0.1, 0.15) is 16.8 Å². The molecule has 21 heavy (non-hydrogen) atoms. The van der Waals surface area contributed by atoms with Gasteiger partial charge < -0.3 is 4.74 Å². The van der Waals surface area contributed by atoms with E-state index in [0.717, 1.165) is 0 Å². The van der Waals surface area contributed by atoms with Crippen LogP contribution in [-0.2, 0) is 4.74 Å². The summed E-state index contributed by atoms with van der Waals surface area (Å²) in [5.41, 5.74) is 0.185. The molecule has 0 atom stereocenters. The molecule has 0 aromatic heterocycles. The first-order valence-corrected chi connectivity index (χ1v) is 6.44. The highest BCUT2D eigenvalue weighted by atomic mass is 16.6. The minimum atomic E-state index is -0.533. The molecule has 7 nitrogen and oxygen atoms in total. The molecule has 0 radical (unpaired) electrons. The number of nitrogens with zero attached hydrogens (tertiary/aromatic N) is 3. The molecule has 1 aromatic carbocycles. The lowest BCUT2D eigenvalue weighted by atomic mass is 10.1. The molecule has 0 aliphatic carbocycles. The third kappa shape index (κ3) is 5.69. The van der Waals surface area contributed by atoms with E-state index in [0.29, 0.717) is 31.7 Å². The number of rotatable bonds is 9. The van der Waals surface area contributed by atoms with E-state index in [1.165, 1.54) is 18.2 Å². The van der Waals surface area contributed by atoms with Gasteiger partial charge in [0.15, 0.2) is 5.78 Å². The number of nitriles is 1. The van der Waals surface area contributed by atoms with Gasteiger partial charge in [-0.25, -0.2) is 0 Å². The SMILES string of the molecule is COCCN(CCC#N)CC(=O)c1cccc([N+](=O)[O-])c1. The van der Waals surface area contributed by atoms with Gasteiger partial charge in [-0.2, -0.15) is 5.26 Å². The lowest BCUT2D eigenvalue weighted by molar-refractivity contribution is -0.384. The Balaban J connectivity index is 2.73. The number of hydrogen-bond donors (Lipinski definition) is 0. The fraction of sp³-hybridized carbons (Fsp3) is 0.429. The molecule has 7 heteroatoms. The third-order valence-electron chi connectivity index (χ3n) is 2.90. The number of nitro groups is 1. The Morgan fingerprint density at radius 3 is 2.86 bits per heavy atom. The van der Waals surface area contributed by atoms with Crippen LogP contribution < -0.4 is 0 Å². The first-order valence-electron chi connectivity index (χ1n) is 6.44. The largest absolute Gasteiger partial charge is 0.383 e. The zero-order valence-corrected chi connectivity index (χ0v) is 11.8. The summed E-state index contributed by atoms with van der Waals surface area (Å²) in [5.74, 6) is -0.215. The topological polar surface area (TPSA) is 96.5 Å². The van der Waals surface area contributed by atoms with Crippen LogP contribution in [-0.4, -0.2) is 49.0 Å². The van der Waals surface area contributed by atoms with Crippen LogP contribution in [0.5, 0.6) is 0 Å². The van der Waals surface area contributed by atoms with Gasteiger partial charge in [0, 0.05) is 44.3 Å². The minimum absolute atomic E-state index is 0.103. The average Bonchev–Trinajstić information content (AvgIpc) is 2.49. The number of Topliss-reactive ketones (excluding diaryl/α,β-unsaturated/α-hetero) is 1. The fourth-order valence-electron chi connectivity index (χ4n) is 1.79. The molecule has 0 aliphatic heterocycles. The van der Waals surface area contributed by atoms with E-state index in [1.54, 1.807) is 18.1 Å². The van der Waals surface area contributed by atoms with Gasteiger partial charge in [0.2, 0.25) is 0 Å². The van der Waals surface area contributed by atoms with E-state index in [4.69, 9.17) is 10.00 Å². The van der Waals surface area contributed by atoms with E-state index < -0.39 is 4.92 Å². The van der Waals surface area contributed by atoms with E-state index in [9.17, 15) is 14.9 Å². The van der Waals surface area contributed by atoms with Gasteiger partial charge >= 0.3 is 0 Å². The lowest BCUT2D eigenvalue weighted by Gasteiger charge is -2.19. The molecule has 0 N–H and O–H groups in total. The Morgan fingerprint density at radius 1 is 1.48 bits per heavy atom. The van der Waals surface area contributed by atoms with E-state index >= 15 is 0 Å².